The standard InChI is InChI=1S/C11H13NO6/c13-10(9-6-16-3-4-17-9)12-5-7-1-2-8(18-7)11(14)15/h1-2,9H,3-6H2,(H,12,13)(H,14,15). The molecule has 0 aromatic carbocycles. The van der Waals surface area contributed by atoms with Crippen LogP contribution < -0.4 is 5.32 Å². The minimum absolute atomic E-state index is 0.117. The lowest BCUT2D eigenvalue weighted by molar-refractivity contribution is -0.147. The molecule has 1 aromatic heterocycles. The first-order valence-corrected chi connectivity index (χ1v) is 5.46. The van der Waals surface area contributed by atoms with E-state index in [0.29, 0.717) is 19.0 Å². The third kappa shape index (κ3) is 3.08. The summed E-state index contributed by atoms with van der Waals surface area (Å²) in [5, 5.41) is 11.3. The van der Waals surface area contributed by atoms with Gasteiger partial charge < -0.3 is 24.3 Å². The van der Waals surface area contributed by atoms with Gasteiger partial charge in [-0.15, -0.1) is 0 Å². The number of carbonyl (C=O) groups excluding carboxylic acids is 1. The molecule has 2 N–H and O–H groups in total. The van der Waals surface area contributed by atoms with E-state index in [0.717, 1.165) is 0 Å². The number of hydrogen-bond donors (Lipinski definition) is 2. The molecule has 1 saturated heterocycles. The summed E-state index contributed by atoms with van der Waals surface area (Å²) < 4.78 is 15.3. The highest BCUT2D eigenvalue weighted by atomic mass is 16.6. The van der Waals surface area contributed by atoms with Crippen LogP contribution in [-0.4, -0.2) is 42.9 Å². The van der Waals surface area contributed by atoms with Crippen molar-refractivity contribution in [3.63, 3.8) is 0 Å². The normalized spacial score (nSPS) is 19.4. The van der Waals surface area contributed by atoms with Crippen LogP contribution in [0.4, 0.5) is 0 Å². The lowest BCUT2D eigenvalue weighted by Crippen LogP contribution is -2.42. The van der Waals surface area contributed by atoms with E-state index in [9.17, 15) is 9.59 Å². The van der Waals surface area contributed by atoms with E-state index in [4.69, 9.17) is 19.0 Å². The summed E-state index contributed by atoms with van der Waals surface area (Å²) in [6.45, 7) is 1.22. The fourth-order valence-corrected chi connectivity index (χ4v) is 1.52. The minimum Gasteiger partial charge on any atom is -0.475 e. The fraction of sp³-hybridized carbons (Fsp3) is 0.455. The molecule has 0 bridgehead atoms. The van der Waals surface area contributed by atoms with Crippen molar-refractivity contribution < 1.29 is 28.6 Å². The van der Waals surface area contributed by atoms with Gasteiger partial charge in [0.25, 0.3) is 5.91 Å². The highest BCUT2D eigenvalue weighted by Crippen LogP contribution is 2.08. The quantitative estimate of drug-likeness (QED) is 0.786. The average Bonchev–Trinajstić information content (AvgIpc) is 2.86. The van der Waals surface area contributed by atoms with Gasteiger partial charge in [-0.3, -0.25) is 4.79 Å². The maximum atomic E-state index is 11.6. The van der Waals surface area contributed by atoms with Gasteiger partial charge in [-0.25, -0.2) is 4.79 Å². The Morgan fingerprint density at radius 1 is 1.39 bits per heavy atom. The zero-order valence-electron chi connectivity index (χ0n) is 9.55. The van der Waals surface area contributed by atoms with Crippen LogP contribution in [0.15, 0.2) is 16.5 Å². The summed E-state index contributed by atoms with van der Waals surface area (Å²) in [7, 11) is 0. The highest BCUT2D eigenvalue weighted by molar-refractivity contribution is 5.84. The molecule has 0 aliphatic carbocycles. The van der Waals surface area contributed by atoms with Gasteiger partial charge in [0.15, 0.2) is 6.10 Å². The summed E-state index contributed by atoms with van der Waals surface area (Å²) in [6, 6.07) is 2.84. The molecular formula is C11H13NO6. The SMILES string of the molecule is O=C(O)c1ccc(CNC(=O)C2COCCO2)o1. The van der Waals surface area contributed by atoms with Crippen LogP contribution in [0.5, 0.6) is 0 Å². The van der Waals surface area contributed by atoms with E-state index in [1.165, 1.54) is 12.1 Å². The van der Waals surface area contributed by atoms with Gasteiger partial charge in [-0.1, -0.05) is 0 Å². The molecule has 7 heteroatoms. The molecule has 0 spiro atoms. The summed E-state index contributed by atoms with van der Waals surface area (Å²) in [5.74, 6) is -1.23. The number of hydrogen-bond acceptors (Lipinski definition) is 5. The smallest absolute Gasteiger partial charge is 0.371 e. The topological polar surface area (TPSA) is 98.0 Å². The summed E-state index contributed by atoms with van der Waals surface area (Å²) in [4.78, 5) is 22.2. The number of rotatable bonds is 4. The maximum absolute atomic E-state index is 11.6. The van der Waals surface area contributed by atoms with Crippen molar-refractivity contribution in [2.45, 2.75) is 12.6 Å². The lowest BCUT2D eigenvalue weighted by atomic mass is 10.3. The van der Waals surface area contributed by atoms with Gasteiger partial charge in [0.05, 0.1) is 26.4 Å². The Balaban J connectivity index is 1.82. The van der Waals surface area contributed by atoms with Crippen LogP contribution >= 0.6 is 0 Å². The number of carbonyl (C=O) groups is 2. The van der Waals surface area contributed by atoms with E-state index in [2.05, 4.69) is 5.32 Å². The van der Waals surface area contributed by atoms with Crippen LogP contribution in [0.3, 0.4) is 0 Å². The highest BCUT2D eigenvalue weighted by Gasteiger charge is 2.22. The molecule has 1 atom stereocenters. The first kappa shape index (κ1) is 12.6. The van der Waals surface area contributed by atoms with Gasteiger partial charge in [0, 0.05) is 0 Å². The predicted molar refractivity (Wildman–Crippen MR) is 58.1 cm³/mol. The largest absolute Gasteiger partial charge is 0.475 e. The predicted octanol–water partition coefficient (Wildman–Crippen LogP) is 0.00940. The van der Waals surface area contributed by atoms with Crippen molar-refractivity contribution in [2.24, 2.45) is 0 Å². The van der Waals surface area contributed by atoms with Gasteiger partial charge >= 0.3 is 5.97 Å². The molecule has 1 aliphatic heterocycles. The second-order valence-electron chi connectivity index (χ2n) is 3.72. The van der Waals surface area contributed by atoms with Crippen LogP contribution in [0.2, 0.25) is 0 Å². The van der Waals surface area contributed by atoms with Crippen LogP contribution in [0, 0.1) is 0 Å². The van der Waals surface area contributed by atoms with E-state index in [1.807, 2.05) is 0 Å². The van der Waals surface area contributed by atoms with Crippen molar-refractivity contribution in [3.8, 4) is 0 Å². The third-order valence-corrected chi connectivity index (χ3v) is 2.42. The molecule has 1 aliphatic rings. The zero-order valence-corrected chi connectivity index (χ0v) is 9.55. The first-order chi connectivity index (χ1) is 8.66. The fourth-order valence-electron chi connectivity index (χ4n) is 1.52. The van der Waals surface area contributed by atoms with E-state index in [1.54, 1.807) is 0 Å². The third-order valence-electron chi connectivity index (χ3n) is 2.42. The minimum atomic E-state index is -1.14. The van der Waals surface area contributed by atoms with Crippen molar-refractivity contribution in [2.75, 3.05) is 19.8 Å². The molecule has 7 nitrogen and oxygen atoms in total. The molecule has 98 valence electrons. The van der Waals surface area contributed by atoms with Gasteiger partial charge in [0.1, 0.15) is 5.76 Å². The number of carboxylic acid groups (broad SMARTS) is 1. The summed E-state index contributed by atoms with van der Waals surface area (Å²) in [6.07, 6.45) is -0.618. The number of furan rings is 1. The monoisotopic (exact) mass is 255 g/mol. The Morgan fingerprint density at radius 3 is 2.83 bits per heavy atom. The average molecular weight is 255 g/mol. The molecule has 2 heterocycles. The molecule has 18 heavy (non-hydrogen) atoms. The van der Waals surface area contributed by atoms with Gasteiger partial charge in [-0.05, 0) is 12.1 Å². The molecule has 1 aromatic rings. The molecule has 2 rings (SSSR count). The molecule has 1 fully saturated rings. The Kier molecular flexibility index (Phi) is 3.96. The van der Waals surface area contributed by atoms with Crippen LogP contribution in [-0.2, 0) is 20.8 Å². The van der Waals surface area contributed by atoms with E-state index in [-0.39, 0.29) is 24.8 Å². The maximum Gasteiger partial charge on any atom is 0.371 e. The molecular weight excluding hydrogens is 242 g/mol. The van der Waals surface area contributed by atoms with E-state index < -0.39 is 12.1 Å². The first-order valence-electron chi connectivity index (χ1n) is 5.46. The number of carboxylic acids is 1. The molecule has 1 amide bonds. The van der Waals surface area contributed by atoms with Crippen LogP contribution in [0.25, 0.3) is 0 Å². The molecule has 0 radical (unpaired) electrons. The molecule has 0 saturated carbocycles. The van der Waals surface area contributed by atoms with Crippen molar-refractivity contribution >= 4 is 11.9 Å². The van der Waals surface area contributed by atoms with Crippen molar-refractivity contribution in [1.29, 1.82) is 0 Å². The van der Waals surface area contributed by atoms with Crippen LogP contribution in [0.1, 0.15) is 16.3 Å². The lowest BCUT2D eigenvalue weighted by Gasteiger charge is -2.21. The Morgan fingerprint density at radius 2 is 2.22 bits per heavy atom. The van der Waals surface area contributed by atoms with E-state index >= 15 is 0 Å². The summed E-state index contributed by atoms with van der Waals surface area (Å²) in [5.41, 5.74) is 0. The molecule has 1 unspecified atom stereocenters. The second-order valence-corrected chi connectivity index (χ2v) is 3.72. The Hall–Kier alpha value is -1.86. The van der Waals surface area contributed by atoms with Gasteiger partial charge in [0.2, 0.25) is 5.76 Å². The number of ether oxygens (including phenoxy) is 2. The zero-order chi connectivity index (χ0) is 13.0. The van der Waals surface area contributed by atoms with Gasteiger partial charge in [-0.2, -0.15) is 0 Å². The Bertz CT molecular complexity index is 434. The van der Waals surface area contributed by atoms with Crippen molar-refractivity contribution in [1.82, 2.24) is 5.32 Å². The summed E-state index contributed by atoms with van der Waals surface area (Å²) >= 11 is 0. The number of aromatic carboxylic acids is 1. The second kappa shape index (κ2) is 5.65. The number of amides is 1. The number of nitrogens with one attached hydrogen (secondary N) is 1. The Labute approximate surface area is 103 Å². The van der Waals surface area contributed by atoms with Crippen molar-refractivity contribution in [3.05, 3.63) is 23.7 Å².